The zero-order chi connectivity index (χ0) is 17.7. The molecule has 2 N–H and O–H groups in total. The van der Waals surface area contributed by atoms with Gasteiger partial charge in [0.1, 0.15) is 5.01 Å². The predicted molar refractivity (Wildman–Crippen MR) is 93.8 cm³/mol. The zero-order valence-corrected chi connectivity index (χ0v) is 15.1. The van der Waals surface area contributed by atoms with Gasteiger partial charge >= 0.3 is 0 Å². The number of benzene rings is 1. The molecule has 1 fully saturated rings. The molecule has 0 aliphatic carbocycles. The maximum Gasteiger partial charge on any atom is 0.251 e. The SMILES string of the molecule is O=C(NCc1nccs1)c1cccc(S(=O)(=O)NC[C@H]2CCOC2)c1. The molecule has 1 aliphatic heterocycles. The van der Waals surface area contributed by atoms with Gasteiger partial charge in [0.25, 0.3) is 5.91 Å². The van der Waals surface area contributed by atoms with Crippen LogP contribution in [0.4, 0.5) is 0 Å². The van der Waals surface area contributed by atoms with Crippen LogP contribution in [0.25, 0.3) is 0 Å². The van der Waals surface area contributed by atoms with Crippen LogP contribution in [0.3, 0.4) is 0 Å². The van der Waals surface area contributed by atoms with Crippen molar-refractivity contribution in [3.8, 4) is 0 Å². The van der Waals surface area contributed by atoms with Crippen LogP contribution in [0, 0.1) is 5.92 Å². The Kier molecular flexibility index (Phi) is 5.79. The van der Waals surface area contributed by atoms with Crippen LogP contribution in [-0.2, 0) is 21.3 Å². The first-order valence-electron chi connectivity index (χ1n) is 7.88. The van der Waals surface area contributed by atoms with Gasteiger partial charge in [0.2, 0.25) is 10.0 Å². The van der Waals surface area contributed by atoms with E-state index in [1.807, 2.05) is 5.38 Å². The lowest BCUT2D eigenvalue weighted by atomic mass is 10.1. The number of hydrogen-bond acceptors (Lipinski definition) is 6. The van der Waals surface area contributed by atoms with E-state index in [1.165, 1.54) is 23.5 Å². The molecule has 3 rings (SSSR count). The Morgan fingerprint density at radius 2 is 2.28 bits per heavy atom. The molecule has 0 spiro atoms. The minimum absolute atomic E-state index is 0.0771. The van der Waals surface area contributed by atoms with Crippen molar-refractivity contribution in [2.75, 3.05) is 19.8 Å². The first-order valence-corrected chi connectivity index (χ1v) is 10.2. The minimum Gasteiger partial charge on any atom is -0.381 e. The van der Waals surface area contributed by atoms with Crippen molar-refractivity contribution < 1.29 is 17.9 Å². The van der Waals surface area contributed by atoms with Crippen molar-refractivity contribution >= 4 is 27.3 Å². The standard InChI is InChI=1S/C16H19N3O4S2/c20-16(18-10-15-17-5-7-24-15)13-2-1-3-14(8-13)25(21,22)19-9-12-4-6-23-11-12/h1-3,5,7-8,12,19H,4,6,9-11H2,(H,18,20)/t12-/m1/s1. The van der Waals surface area contributed by atoms with Gasteiger partial charge in [-0.25, -0.2) is 18.1 Å². The van der Waals surface area contributed by atoms with Crippen LogP contribution in [0.1, 0.15) is 21.8 Å². The average molecular weight is 381 g/mol. The second-order valence-corrected chi connectivity index (χ2v) is 8.46. The van der Waals surface area contributed by atoms with Gasteiger partial charge < -0.3 is 10.1 Å². The quantitative estimate of drug-likeness (QED) is 0.755. The molecule has 2 heterocycles. The Morgan fingerprint density at radius 1 is 1.40 bits per heavy atom. The van der Waals surface area contributed by atoms with Crippen LogP contribution >= 0.6 is 11.3 Å². The number of amides is 1. The Bertz CT molecular complexity index is 816. The van der Waals surface area contributed by atoms with Gasteiger partial charge in [-0.1, -0.05) is 6.07 Å². The highest BCUT2D eigenvalue weighted by Gasteiger charge is 2.21. The molecule has 0 saturated carbocycles. The smallest absolute Gasteiger partial charge is 0.251 e. The summed E-state index contributed by atoms with van der Waals surface area (Å²) in [7, 11) is -3.66. The summed E-state index contributed by atoms with van der Waals surface area (Å²) in [4.78, 5) is 16.4. The highest BCUT2D eigenvalue weighted by Crippen LogP contribution is 2.15. The monoisotopic (exact) mass is 381 g/mol. The van der Waals surface area contributed by atoms with Crippen molar-refractivity contribution in [3.05, 3.63) is 46.4 Å². The first-order chi connectivity index (χ1) is 12.0. The van der Waals surface area contributed by atoms with E-state index < -0.39 is 10.0 Å². The fourth-order valence-electron chi connectivity index (χ4n) is 2.46. The molecule has 1 saturated heterocycles. The fourth-order valence-corrected chi connectivity index (χ4v) is 4.18. The van der Waals surface area contributed by atoms with Crippen LogP contribution in [0.15, 0.2) is 40.7 Å². The second kappa shape index (κ2) is 8.05. The lowest BCUT2D eigenvalue weighted by Gasteiger charge is -2.11. The van der Waals surface area contributed by atoms with E-state index in [1.54, 1.807) is 18.3 Å². The van der Waals surface area contributed by atoms with E-state index in [0.717, 1.165) is 11.4 Å². The Labute approximate surface area is 150 Å². The molecule has 0 bridgehead atoms. The summed E-state index contributed by atoms with van der Waals surface area (Å²) in [6.45, 7) is 1.89. The molecule has 1 aliphatic rings. The van der Waals surface area contributed by atoms with Gasteiger partial charge in [-0.15, -0.1) is 11.3 Å². The van der Waals surface area contributed by atoms with E-state index in [4.69, 9.17) is 4.74 Å². The number of ether oxygens (including phenoxy) is 1. The van der Waals surface area contributed by atoms with Gasteiger partial charge in [0.15, 0.2) is 0 Å². The number of aromatic nitrogens is 1. The highest BCUT2D eigenvalue weighted by atomic mass is 32.2. The lowest BCUT2D eigenvalue weighted by Crippen LogP contribution is -2.30. The minimum atomic E-state index is -3.66. The van der Waals surface area contributed by atoms with E-state index in [0.29, 0.717) is 31.9 Å². The molecule has 2 aromatic rings. The van der Waals surface area contributed by atoms with Gasteiger partial charge in [-0.05, 0) is 30.5 Å². The largest absolute Gasteiger partial charge is 0.381 e. The third-order valence-corrected chi connectivity index (χ3v) is 6.08. The van der Waals surface area contributed by atoms with E-state index in [-0.39, 0.29) is 16.7 Å². The molecule has 1 aromatic heterocycles. The highest BCUT2D eigenvalue weighted by molar-refractivity contribution is 7.89. The normalized spacial score (nSPS) is 17.5. The van der Waals surface area contributed by atoms with Crippen molar-refractivity contribution in [1.29, 1.82) is 0 Å². The number of hydrogen-bond donors (Lipinski definition) is 2. The maximum absolute atomic E-state index is 12.4. The van der Waals surface area contributed by atoms with Crippen molar-refractivity contribution in [2.45, 2.75) is 17.9 Å². The van der Waals surface area contributed by atoms with E-state index >= 15 is 0 Å². The van der Waals surface area contributed by atoms with Crippen LogP contribution in [0.5, 0.6) is 0 Å². The van der Waals surface area contributed by atoms with Crippen molar-refractivity contribution in [3.63, 3.8) is 0 Å². The zero-order valence-electron chi connectivity index (χ0n) is 13.5. The Hall–Kier alpha value is -1.81. The molecule has 1 aromatic carbocycles. The number of carbonyl (C=O) groups excluding carboxylic acids is 1. The molecule has 1 atom stereocenters. The van der Waals surface area contributed by atoms with Crippen LogP contribution in [0.2, 0.25) is 0 Å². The van der Waals surface area contributed by atoms with Gasteiger partial charge in [0, 0.05) is 30.3 Å². The van der Waals surface area contributed by atoms with Crippen molar-refractivity contribution in [2.24, 2.45) is 5.92 Å². The molecular formula is C16H19N3O4S2. The number of nitrogens with zero attached hydrogens (tertiary/aromatic N) is 1. The summed E-state index contributed by atoms with van der Waals surface area (Å²) >= 11 is 1.44. The number of carbonyl (C=O) groups is 1. The molecule has 0 unspecified atom stereocenters. The molecular weight excluding hydrogens is 362 g/mol. The van der Waals surface area contributed by atoms with Gasteiger partial charge in [0.05, 0.1) is 18.0 Å². The topological polar surface area (TPSA) is 97.4 Å². The number of sulfonamides is 1. The fraction of sp³-hybridized carbons (Fsp3) is 0.375. The molecule has 1 amide bonds. The summed E-state index contributed by atoms with van der Waals surface area (Å²) in [6.07, 6.45) is 2.52. The maximum atomic E-state index is 12.4. The van der Waals surface area contributed by atoms with Crippen molar-refractivity contribution in [1.82, 2.24) is 15.0 Å². The summed E-state index contributed by atoms with van der Waals surface area (Å²) in [5, 5.41) is 5.35. The number of nitrogens with one attached hydrogen (secondary N) is 2. The summed E-state index contributed by atoms with van der Waals surface area (Å²) in [5.41, 5.74) is 0.295. The second-order valence-electron chi connectivity index (χ2n) is 5.72. The summed E-state index contributed by atoms with van der Waals surface area (Å²) < 4.78 is 32.7. The first kappa shape index (κ1) is 18.0. The van der Waals surface area contributed by atoms with E-state index in [9.17, 15) is 13.2 Å². The molecule has 0 radical (unpaired) electrons. The molecule has 9 heteroatoms. The van der Waals surface area contributed by atoms with Gasteiger partial charge in [-0.2, -0.15) is 0 Å². The number of rotatable bonds is 7. The third-order valence-electron chi connectivity index (χ3n) is 3.88. The van der Waals surface area contributed by atoms with Crippen LogP contribution < -0.4 is 10.0 Å². The molecule has 134 valence electrons. The Balaban J connectivity index is 1.64. The van der Waals surface area contributed by atoms with E-state index in [2.05, 4.69) is 15.0 Å². The summed E-state index contributed by atoms with van der Waals surface area (Å²) in [5.74, 6) is -0.143. The third kappa shape index (κ3) is 4.85. The molecule has 25 heavy (non-hydrogen) atoms. The average Bonchev–Trinajstić information content (AvgIpc) is 3.31. The van der Waals surface area contributed by atoms with Gasteiger partial charge in [-0.3, -0.25) is 4.79 Å². The van der Waals surface area contributed by atoms with Crippen LogP contribution in [-0.4, -0.2) is 39.1 Å². The summed E-state index contributed by atoms with van der Waals surface area (Å²) in [6, 6.07) is 6.00. The molecule has 7 nitrogen and oxygen atoms in total. The lowest BCUT2D eigenvalue weighted by molar-refractivity contribution is 0.0950. The Morgan fingerprint density at radius 3 is 3.00 bits per heavy atom. The predicted octanol–water partition coefficient (Wildman–Crippen LogP) is 1.39. The number of thiazole rings is 1.